The van der Waals surface area contributed by atoms with Crippen LogP contribution in [0.15, 0.2) is 53.2 Å². The minimum atomic E-state index is 0.0270. The molecule has 2 unspecified atom stereocenters. The average Bonchev–Trinajstić information content (AvgIpc) is 3.40. The highest BCUT2D eigenvalue weighted by atomic mass is 32.1. The van der Waals surface area contributed by atoms with Crippen LogP contribution in [0.25, 0.3) is 0 Å². The minimum absolute atomic E-state index is 0.0270. The topological polar surface area (TPSA) is 41.6 Å². The van der Waals surface area contributed by atoms with Crippen LogP contribution < -0.4 is 10.1 Å². The second-order valence-electron chi connectivity index (χ2n) is 7.23. The maximum atomic E-state index is 13.0. The van der Waals surface area contributed by atoms with Crippen molar-refractivity contribution in [2.75, 3.05) is 19.7 Å². The zero-order valence-corrected chi connectivity index (χ0v) is 17.1. The van der Waals surface area contributed by atoms with Crippen LogP contribution in [0.5, 0.6) is 5.75 Å². The van der Waals surface area contributed by atoms with Gasteiger partial charge in [-0.25, -0.2) is 0 Å². The summed E-state index contributed by atoms with van der Waals surface area (Å²) in [5.74, 6) is 0.971. The van der Waals surface area contributed by atoms with Crippen molar-refractivity contribution in [1.82, 2.24) is 10.2 Å². The standard InChI is InChI=1S/C22H22N2O2S2/c25-21(23-17-8-11-26-18-5-2-1-4-15(17)18)14-24-10-7-19-16(9-13-28-19)22(24)20-6-3-12-27-20/h1-6,9,12-13,17,22H,7-8,10-11,14H2,(H,23,25). The van der Waals surface area contributed by atoms with Crippen LogP contribution in [0.4, 0.5) is 0 Å². The summed E-state index contributed by atoms with van der Waals surface area (Å²) in [5.41, 5.74) is 2.44. The Morgan fingerprint density at radius 3 is 2.93 bits per heavy atom. The number of para-hydroxylation sites is 1. The lowest BCUT2D eigenvalue weighted by atomic mass is 9.98. The summed E-state index contributed by atoms with van der Waals surface area (Å²) in [6.07, 6.45) is 1.83. The first kappa shape index (κ1) is 17.9. The third-order valence-corrected chi connectivity index (χ3v) is 7.44. The summed E-state index contributed by atoms with van der Waals surface area (Å²) in [7, 11) is 0. The molecule has 3 aromatic rings. The molecule has 2 aliphatic heterocycles. The normalized spacial score (nSPS) is 21.4. The van der Waals surface area contributed by atoms with Crippen molar-refractivity contribution in [3.63, 3.8) is 0 Å². The molecule has 2 aliphatic rings. The number of ether oxygens (including phenoxy) is 1. The van der Waals surface area contributed by atoms with Crippen molar-refractivity contribution in [3.05, 3.63) is 74.1 Å². The number of fused-ring (bicyclic) bond motifs is 2. The van der Waals surface area contributed by atoms with Crippen molar-refractivity contribution < 1.29 is 9.53 Å². The molecule has 0 saturated carbocycles. The number of amides is 1. The monoisotopic (exact) mass is 410 g/mol. The van der Waals surface area contributed by atoms with E-state index < -0.39 is 0 Å². The Morgan fingerprint density at radius 1 is 1.11 bits per heavy atom. The molecule has 0 aliphatic carbocycles. The van der Waals surface area contributed by atoms with Crippen LogP contribution in [0.2, 0.25) is 0 Å². The first-order chi connectivity index (χ1) is 13.8. The molecule has 2 aromatic heterocycles. The van der Waals surface area contributed by atoms with Gasteiger partial charge in [-0.15, -0.1) is 22.7 Å². The zero-order chi connectivity index (χ0) is 18.9. The van der Waals surface area contributed by atoms with E-state index in [1.54, 1.807) is 11.3 Å². The third kappa shape index (κ3) is 3.36. The lowest BCUT2D eigenvalue weighted by Gasteiger charge is -2.35. The fourth-order valence-corrected chi connectivity index (χ4v) is 6.02. The fourth-order valence-electron chi connectivity index (χ4n) is 4.24. The molecule has 0 saturated heterocycles. The number of rotatable bonds is 4. The lowest BCUT2D eigenvalue weighted by molar-refractivity contribution is -0.123. The van der Waals surface area contributed by atoms with Gasteiger partial charge in [-0.3, -0.25) is 9.69 Å². The fraction of sp³-hybridized carbons (Fsp3) is 0.318. The van der Waals surface area contributed by atoms with Crippen LogP contribution >= 0.6 is 22.7 Å². The summed E-state index contributed by atoms with van der Waals surface area (Å²) in [6, 6.07) is 14.7. The number of carbonyl (C=O) groups is 1. The van der Waals surface area contributed by atoms with Crippen molar-refractivity contribution in [3.8, 4) is 5.75 Å². The summed E-state index contributed by atoms with van der Waals surface area (Å²) in [6.45, 7) is 1.97. The molecule has 28 heavy (non-hydrogen) atoms. The van der Waals surface area contributed by atoms with Crippen LogP contribution in [0, 0.1) is 0 Å². The molecule has 0 bridgehead atoms. The number of nitrogens with zero attached hydrogens (tertiary/aromatic N) is 1. The van der Waals surface area contributed by atoms with E-state index in [-0.39, 0.29) is 18.0 Å². The quantitative estimate of drug-likeness (QED) is 0.693. The van der Waals surface area contributed by atoms with E-state index in [4.69, 9.17) is 4.74 Å². The summed E-state index contributed by atoms with van der Waals surface area (Å²) < 4.78 is 5.72. The smallest absolute Gasteiger partial charge is 0.234 e. The van der Waals surface area contributed by atoms with E-state index in [0.717, 1.165) is 30.7 Å². The Labute approximate surface area is 172 Å². The molecule has 5 rings (SSSR count). The first-order valence-corrected chi connectivity index (χ1v) is 11.4. The Hall–Kier alpha value is -2.15. The number of benzene rings is 1. The van der Waals surface area contributed by atoms with Crippen molar-refractivity contribution in [2.45, 2.75) is 24.9 Å². The van der Waals surface area contributed by atoms with Gasteiger partial charge in [0.05, 0.1) is 25.2 Å². The second kappa shape index (κ2) is 7.70. The van der Waals surface area contributed by atoms with Gasteiger partial charge in [0.2, 0.25) is 5.91 Å². The zero-order valence-electron chi connectivity index (χ0n) is 15.5. The van der Waals surface area contributed by atoms with E-state index in [2.05, 4.69) is 39.2 Å². The first-order valence-electron chi connectivity index (χ1n) is 9.64. The van der Waals surface area contributed by atoms with Gasteiger partial charge in [0.25, 0.3) is 0 Å². The minimum Gasteiger partial charge on any atom is -0.493 e. The Morgan fingerprint density at radius 2 is 2.04 bits per heavy atom. The number of thiophene rings is 2. The molecule has 1 amide bonds. The highest BCUT2D eigenvalue weighted by Crippen LogP contribution is 2.39. The van der Waals surface area contributed by atoms with E-state index in [9.17, 15) is 4.79 Å². The van der Waals surface area contributed by atoms with E-state index in [1.807, 2.05) is 35.6 Å². The van der Waals surface area contributed by atoms with E-state index in [1.165, 1.54) is 15.3 Å². The van der Waals surface area contributed by atoms with Gasteiger partial charge in [0.15, 0.2) is 0 Å². The van der Waals surface area contributed by atoms with Gasteiger partial charge in [-0.2, -0.15) is 0 Å². The predicted molar refractivity (Wildman–Crippen MR) is 113 cm³/mol. The van der Waals surface area contributed by atoms with Crippen LogP contribution in [0.1, 0.15) is 39.4 Å². The van der Waals surface area contributed by atoms with Crippen molar-refractivity contribution >= 4 is 28.6 Å². The van der Waals surface area contributed by atoms with Gasteiger partial charge in [-0.1, -0.05) is 24.3 Å². The number of hydrogen-bond donors (Lipinski definition) is 1. The summed E-state index contributed by atoms with van der Waals surface area (Å²) in [5, 5.41) is 7.54. The lowest BCUT2D eigenvalue weighted by Crippen LogP contribution is -2.44. The van der Waals surface area contributed by atoms with Gasteiger partial charge < -0.3 is 10.1 Å². The molecule has 4 nitrogen and oxygen atoms in total. The van der Waals surface area contributed by atoms with E-state index in [0.29, 0.717) is 13.2 Å². The van der Waals surface area contributed by atoms with Crippen molar-refractivity contribution in [1.29, 1.82) is 0 Å². The van der Waals surface area contributed by atoms with Gasteiger partial charge in [-0.05, 0) is 40.9 Å². The average molecular weight is 411 g/mol. The molecular formula is C22H22N2O2S2. The van der Waals surface area contributed by atoms with Crippen molar-refractivity contribution in [2.24, 2.45) is 0 Å². The van der Waals surface area contributed by atoms with Gasteiger partial charge >= 0.3 is 0 Å². The molecule has 6 heteroatoms. The molecule has 1 aromatic carbocycles. The molecule has 0 spiro atoms. The number of nitrogens with one attached hydrogen (secondary N) is 1. The molecule has 1 N–H and O–H groups in total. The van der Waals surface area contributed by atoms with Gasteiger partial charge in [0, 0.05) is 28.3 Å². The molecule has 4 heterocycles. The van der Waals surface area contributed by atoms with Gasteiger partial charge in [0.1, 0.15) is 5.75 Å². The maximum Gasteiger partial charge on any atom is 0.234 e. The third-order valence-electron chi connectivity index (χ3n) is 5.52. The second-order valence-corrected chi connectivity index (χ2v) is 9.21. The Bertz CT molecular complexity index is 967. The highest BCUT2D eigenvalue weighted by molar-refractivity contribution is 7.10. The molecular weight excluding hydrogens is 388 g/mol. The van der Waals surface area contributed by atoms with Crippen LogP contribution in [0.3, 0.4) is 0 Å². The molecule has 2 atom stereocenters. The number of carbonyl (C=O) groups excluding carboxylic acids is 1. The molecule has 0 radical (unpaired) electrons. The van der Waals surface area contributed by atoms with E-state index >= 15 is 0 Å². The largest absolute Gasteiger partial charge is 0.493 e. The molecule has 144 valence electrons. The maximum absolute atomic E-state index is 13.0. The summed E-state index contributed by atoms with van der Waals surface area (Å²) in [4.78, 5) is 18.0. The number of hydrogen-bond acceptors (Lipinski definition) is 5. The Balaban J connectivity index is 1.34. The van der Waals surface area contributed by atoms with Crippen LogP contribution in [-0.2, 0) is 11.2 Å². The highest BCUT2D eigenvalue weighted by Gasteiger charge is 2.32. The molecule has 0 fully saturated rings. The Kier molecular flexibility index (Phi) is 4.93. The van der Waals surface area contributed by atoms with Crippen LogP contribution in [-0.4, -0.2) is 30.5 Å². The summed E-state index contributed by atoms with van der Waals surface area (Å²) >= 11 is 3.60. The SMILES string of the molecule is O=C(CN1CCc2sccc2C1c1cccs1)NC1CCOc2ccccc21. The predicted octanol–water partition coefficient (Wildman–Crippen LogP) is 4.40.